The lowest BCUT2D eigenvalue weighted by molar-refractivity contribution is 0.148. The Morgan fingerprint density at radius 3 is 2.26 bits per heavy atom. The first-order chi connectivity index (χ1) is 8.82. The van der Waals surface area contributed by atoms with Crippen LogP contribution in [-0.2, 0) is 0 Å². The summed E-state index contributed by atoms with van der Waals surface area (Å²) in [6, 6.07) is 9.67. The van der Waals surface area contributed by atoms with E-state index in [2.05, 4.69) is 70.8 Å². The summed E-state index contributed by atoms with van der Waals surface area (Å²) in [5.74, 6) is 0.712. The fraction of sp³-hybridized carbons (Fsp3) is 0.647. The van der Waals surface area contributed by atoms with E-state index in [1.165, 1.54) is 17.5 Å². The smallest absolute Gasteiger partial charge is 0.0496 e. The average Bonchev–Trinajstić information content (AvgIpc) is 2.27. The van der Waals surface area contributed by atoms with Crippen molar-refractivity contribution in [2.75, 3.05) is 7.05 Å². The normalized spacial score (nSPS) is 16.7. The lowest BCUT2D eigenvalue weighted by Crippen LogP contribution is -2.42. The van der Waals surface area contributed by atoms with E-state index in [0.717, 1.165) is 0 Å². The highest BCUT2D eigenvalue weighted by molar-refractivity contribution is 5.26. The molecule has 1 aromatic rings. The Balaban J connectivity index is 2.94. The lowest BCUT2D eigenvalue weighted by Gasteiger charge is -2.36. The van der Waals surface area contributed by atoms with E-state index in [9.17, 15) is 0 Å². The second kappa shape index (κ2) is 7.06. The fourth-order valence-electron chi connectivity index (χ4n) is 2.89. The zero-order valence-electron chi connectivity index (χ0n) is 13.4. The van der Waals surface area contributed by atoms with Gasteiger partial charge in [-0.1, -0.05) is 43.7 Å². The van der Waals surface area contributed by atoms with Crippen LogP contribution in [0.4, 0.5) is 0 Å². The van der Waals surface area contributed by atoms with E-state index in [-0.39, 0.29) is 12.1 Å². The summed E-state index contributed by atoms with van der Waals surface area (Å²) < 4.78 is 0. The van der Waals surface area contributed by atoms with Crippen molar-refractivity contribution < 1.29 is 0 Å². The predicted octanol–water partition coefficient (Wildman–Crippen LogP) is 3.75. The lowest BCUT2D eigenvalue weighted by atomic mass is 9.95. The van der Waals surface area contributed by atoms with Gasteiger partial charge in [0, 0.05) is 18.1 Å². The van der Waals surface area contributed by atoms with Gasteiger partial charge >= 0.3 is 0 Å². The van der Waals surface area contributed by atoms with Crippen LogP contribution in [0.1, 0.15) is 51.3 Å². The van der Waals surface area contributed by atoms with Crippen molar-refractivity contribution in [3.8, 4) is 0 Å². The summed E-state index contributed by atoms with van der Waals surface area (Å²) in [6.07, 6.45) is 1.20. The largest absolute Gasteiger partial charge is 0.326 e. The van der Waals surface area contributed by atoms with Crippen LogP contribution < -0.4 is 5.73 Å². The molecule has 0 radical (unpaired) electrons. The topological polar surface area (TPSA) is 29.3 Å². The van der Waals surface area contributed by atoms with Gasteiger partial charge in [-0.05, 0) is 45.7 Å². The van der Waals surface area contributed by atoms with Crippen molar-refractivity contribution >= 4 is 0 Å². The minimum absolute atomic E-state index is 0.126. The number of benzene rings is 1. The minimum Gasteiger partial charge on any atom is -0.326 e. The molecule has 3 unspecified atom stereocenters. The van der Waals surface area contributed by atoms with E-state index in [0.29, 0.717) is 12.0 Å². The second-order valence-corrected chi connectivity index (χ2v) is 6.36. The molecule has 0 heterocycles. The van der Waals surface area contributed by atoms with Crippen molar-refractivity contribution in [1.29, 1.82) is 0 Å². The van der Waals surface area contributed by atoms with Gasteiger partial charge in [-0.2, -0.15) is 0 Å². The Morgan fingerprint density at radius 1 is 1.16 bits per heavy atom. The predicted molar refractivity (Wildman–Crippen MR) is 84.2 cm³/mol. The first kappa shape index (κ1) is 16.2. The van der Waals surface area contributed by atoms with Crippen molar-refractivity contribution in [2.24, 2.45) is 11.7 Å². The highest BCUT2D eigenvalue weighted by Gasteiger charge is 2.25. The Labute approximate surface area is 119 Å². The van der Waals surface area contributed by atoms with Crippen LogP contribution in [0.2, 0.25) is 0 Å². The van der Waals surface area contributed by atoms with Crippen LogP contribution in [0.5, 0.6) is 0 Å². The van der Waals surface area contributed by atoms with Gasteiger partial charge in [-0.3, -0.25) is 4.90 Å². The Bertz CT molecular complexity index is 385. The Morgan fingerprint density at radius 2 is 1.79 bits per heavy atom. The maximum atomic E-state index is 6.25. The Kier molecular flexibility index (Phi) is 6.02. The number of likely N-dealkylation sites (N-methyl/N-ethyl adjacent to an activating group) is 1. The van der Waals surface area contributed by atoms with Gasteiger partial charge in [0.25, 0.3) is 0 Å². The van der Waals surface area contributed by atoms with Crippen molar-refractivity contribution in [3.63, 3.8) is 0 Å². The molecule has 108 valence electrons. The first-order valence-electron chi connectivity index (χ1n) is 7.37. The van der Waals surface area contributed by atoms with Crippen molar-refractivity contribution in [1.82, 2.24) is 4.90 Å². The molecule has 2 nitrogen and oxygen atoms in total. The molecule has 2 heteroatoms. The Hall–Kier alpha value is -0.860. The molecule has 0 fully saturated rings. The average molecular weight is 262 g/mol. The van der Waals surface area contributed by atoms with Gasteiger partial charge in [0.15, 0.2) is 0 Å². The number of aryl methyl sites for hydroxylation is 1. The number of rotatable bonds is 6. The van der Waals surface area contributed by atoms with Gasteiger partial charge in [0.2, 0.25) is 0 Å². The van der Waals surface area contributed by atoms with Crippen LogP contribution in [-0.4, -0.2) is 24.0 Å². The highest BCUT2D eigenvalue weighted by Crippen LogP contribution is 2.26. The molecule has 19 heavy (non-hydrogen) atoms. The summed E-state index contributed by atoms with van der Waals surface area (Å²) >= 11 is 0. The van der Waals surface area contributed by atoms with Gasteiger partial charge in [0.05, 0.1) is 0 Å². The molecule has 0 aliphatic carbocycles. The van der Waals surface area contributed by atoms with Gasteiger partial charge < -0.3 is 5.73 Å². The van der Waals surface area contributed by atoms with Gasteiger partial charge in [-0.15, -0.1) is 0 Å². The van der Waals surface area contributed by atoms with Gasteiger partial charge in [0.1, 0.15) is 0 Å². The third-order valence-electron chi connectivity index (χ3n) is 3.83. The summed E-state index contributed by atoms with van der Waals surface area (Å²) in [7, 11) is 2.20. The molecule has 0 saturated heterocycles. The molecular weight excluding hydrogens is 232 g/mol. The standard InChI is InChI=1S/C17H30N2/c1-12(2)10-14(4)19(6)17(15(5)18)16-9-7-8-13(3)11-16/h7-9,11-12,14-15,17H,10,18H2,1-6H3. The molecular formula is C17H30N2. The minimum atomic E-state index is 0.126. The number of hydrogen-bond donors (Lipinski definition) is 1. The number of nitrogens with zero attached hydrogens (tertiary/aromatic N) is 1. The molecule has 1 rings (SSSR count). The summed E-state index contributed by atoms with van der Waals surface area (Å²) in [6.45, 7) is 11.1. The van der Waals surface area contributed by atoms with E-state index < -0.39 is 0 Å². The monoisotopic (exact) mass is 262 g/mol. The van der Waals surface area contributed by atoms with Gasteiger partial charge in [-0.25, -0.2) is 0 Å². The van der Waals surface area contributed by atoms with E-state index >= 15 is 0 Å². The van der Waals surface area contributed by atoms with Crippen LogP contribution >= 0.6 is 0 Å². The third-order valence-corrected chi connectivity index (χ3v) is 3.83. The quantitative estimate of drug-likeness (QED) is 0.846. The van der Waals surface area contributed by atoms with E-state index in [1.54, 1.807) is 0 Å². The zero-order chi connectivity index (χ0) is 14.6. The van der Waals surface area contributed by atoms with Crippen LogP contribution in [0.15, 0.2) is 24.3 Å². The molecule has 1 aromatic carbocycles. The molecule has 2 N–H and O–H groups in total. The summed E-state index contributed by atoms with van der Waals surface area (Å²) in [5, 5.41) is 0. The molecule has 0 spiro atoms. The van der Waals surface area contributed by atoms with E-state index in [4.69, 9.17) is 5.73 Å². The first-order valence-corrected chi connectivity index (χ1v) is 7.37. The molecule has 0 aliphatic heterocycles. The molecule has 0 aliphatic rings. The van der Waals surface area contributed by atoms with Crippen molar-refractivity contribution in [2.45, 2.75) is 59.2 Å². The zero-order valence-corrected chi connectivity index (χ0v) is 13.4. The molecule has 0 aromatic heterocycles. The van der Waals surface area contributed by atoms with E-state index in [1.807, 2.05) is 0 Å². The molecule has 0 saturated carbocycles. The van der Waals surface area contributed by atoms with Crippen LogP contribution in [0.25, 0.3) is 0 Å². The van der Waals surface area contributed by atoms with Crippen LogP contribution in [0.3, 0.4) is 0 Å². The third kappa shape index (κ3) is 4.63. The molecule has 0 amide bonds. The molecule has 0 bridgehead atoms. The molecule has 3 atom stereocenters. The number of nitrogens with two attached hydrogens (primary N) is 1. The van der Waals surface area contributed by atoms with Crippen molar-refractivity contribution in [3.05, 3.63) is 35.4 Å². The number of hydrogen-bond acceptors (Lipinski definition) is 2. The second-order valence-electron chi connectivity index (χ2n) is 6.36. The fourth-order valence-corrected chi connectivity index (χ4v) is 2.89. The van der Waals surface area contributed by atoms with Crippen LogP contribution in [0, 0.1) is 12.8 Å². The maximum Gasteiger partial charge on any atom is 0.0496 e. The summed E-state index contributed by atoms with van der Waals surface area (Å²) in [5.41, 5.74) is 8.87. The summed E-state index contributed by atoms with van der Waals surface area (Å²) in [4.78, 5) is 2.43. The maximum absolute atomic E-state index is 6.25. The SMILES string of the molecule is Cc1cccc(C(C(C)N)N(C)C(C)CC(C)C)c1. The highest BCUT2D eigenvalue weighted by atomic mass is 15.2.